The highest BCUT2D eigenvalue weighted by Gasteiger charge is 2.22. The van der Waals surface area contributed by atoms with Gasteiger partial charge in [-0.1, -0.05) is 18.5 Å². The SMILES string of the molecule is CCNS(=O)(=O)c1ccc(OC)c(C(=O)Nc2ccc(Cl)cc2[N+](=O)[O-])c1. The van der Waals surface area contributed by atoms with Gasteiger partial charge in [0.1, 0.15) is 11.4 Å². The largest absolute Gasteiger partial charge is 0.496 e. The number of nitrogens with zero attached hydrogens (tertiary/aromatic N) is 1. The Balaban J connectivity index is 2.46. The smallest absolute Gasteiger partial charge is 0.294 e. The number of nitro groups is 1. The molecule has 0 aliphatic rings. The lowest BCUT2D eigenvalue weighted by Crippen LogP contribution is -2.24. The van der Waals surface area contributed by atoms with Crippen LogP contribution in [0.25, 0.3) is 0 Å². The van der Waals surface area contributed by atoms with Crippen molar-refractivity contribution in [3.05, 3.63) is 57.1 Å². The maximum Gasteiger partial charge on any atom is 0.294 e. The Morgan fingerprint density at radius 2 is 1.96 bits per heavy atom. The van der Waals surface area contributed by atoms with Gasteiger partial charge in [-0.2, -0.15) is 0 Å². The van der Waals surface area contributed by atoms with E-state index in [0.717, 1.165) is 12.1 Å². The molecule has 0 saturated carbocycles. The number of rotatable bonds is 7. The number of nitrogens with one attached hydrogen (secondary N) is 2. The fourth-order valence-electron chi connectivity index (χ4n) is 2.26. The van der Waals surface area contributed by atoms with E-state index in [-0.39, 0.29) is 33.5 Å². The molecule has 2 aromatic rings. The third-order valence-electron chi connectivity index (χ3n) is 3.46. The summed E-state index contributed by atoms with van der Waals surface area (Å²) in [5.41, 5.74) is -0.580. The van der Waals surface area contributed by atoms with Crippen molar-refractivity contribution in [1.82, 2.24) is 4.72 Å². The quantitative estimate of drug-likeness (QED) is 0.530. The van der Waals surface area contributed by atoms with Crippen molar-refractivity contribution in [2.45, 2.75) is 11.8 Å². The van der Waals surface area contributed by atoms with E-state index in [4.69, 9.17) is 16.3 Å². The van der Waals surface area contributed by atoms with Crippen molar-refractivity contribution >= 4 is 38.9 Å². The molecule has 9 nitrogen and oxygen atoms in total. The fraction of sp³-hybridized carbons (Fsp3) is 0.188. The molecule has 0 spiro atoms. The minimum Gasteiger partial charge on any atom is -0.496 e. The zero-order valence-corrected chi connectivity index (χ0v) is 15.9. The van der Waals surface area contributed by atoms with Gasteiger partial charge < -0.3 is 10.1 Å². The molecule has 0 heterocycles. The number of amides is 1. The van der Waals surface area contributed by atoms with Gasteiger partial charge in [-0.25, -0.2) is 13.1 Å². The van der Waals surface area contributed by atoms with Crippen molar-refractivity contribution in [3.8, 4) is 5.75 Å². The van der Waals surface area contributed by atoms with Crippen LogP contribution in [0.1, 0.15) is 17.3 Å². The summed E-state index contributed by atoms with van der Waals surface area (Å²) in [4.78, 5) is 23.0. The summed E-state index contributed by atoms with van der Waals surface area (Å²) in [7, 11) is -2.49. The third kappa shape index (κ3) is 4.73. The summed E-state index contributed by atoms with van der Waals surface area (Å²) in [5.74, 6) is -0.662. The van der Waals surface area contributed by atoms with Gasteiger partial charge in [0.15, 0.2) is 0 Å². The maximum atomic E-state index is 12.6. The van der Waals surface area contributed by atoms with Crippen LogP contribution in [-0.4, -0.2) is 32.9 Å². The minimum absolute atomic E-state index is 0.0867. The number of nitro benzene ring substituents is 1. The maximum absolute atomic E-state index is 12.6. The minimum atomic E-state index is -3.80. The first-order valence-electron chi connectivity index (χ1n) is 7.62. The summed E-state index contributed by atoms with van der Waals surface area (Å²) >= 11 is 5.75. The van der Waals surface area contributed by atoms with E-state index in [1.165, 1.54) is 31.4 Å². The van der Waals surface area contributed by atoms with Crippen LogP contribution in [0.15, 0.2) is 41.3 Å². The number of anilines is 1. The normalized spacial score (nSPS) is 11.1. The topological polar surface area (TPSA) is 128 Å². The third-order valence-corrected chi connectivity index (χ3v) is 5.24. The number of hydrogen-bond acceptors (Lipinski definition) is 6. The molecule has 0 aromatic heterocycles. The monoisotopic (exact) mass is 413 g/mol. The molecule has 11 heteroatoms. The molecule has 0 unspecified atom stereocenters. The van der Waals surface area contributed by atoms with Gasteiger partial charge in [-0.15, -0.1) is 0 Å². The second kappa shape index (κ2) is 8.33. The molecule has 0 radical (unpaired) electrons. The van der Waals surface area contributed by atoms with E-state index in [9.17, 15) is 23.3 Å². The first kappa shape index (κ1) is 20.6. The highest BCUT2D eigenvalue weighted by Crippen LogP contribution is 2.29. The lowest BCUT2D eigenvalue weighted by atomic mass is 10.1. The molecule has 2 N–H and O–H groups in total. The number of carbonyl (C=O) groups excluding carboxylic acids is 1. The van der Waals surface area contributed by atoms with E-state index in [1.54, 1.807) is 6.92 Å². The van der Waals surface area contributed by atoms with E-state index in [0.29, 0.717) is 0 Å². The van der Waals surface area contributed by atoms with Crippen LogP contribution >= 0.6 is 11.6 Å². The molecular weight excluding hydrogens is 398 g/mol. The van der Waals surface area contributed by atoms with Gasteiger partial charge in [-0.3, -0.25) is 14.9 Å². The Morgan fingerprint density at radius 1 is 1.26 bits per heavy atom. The zero-order chi connectivity index (χ0) is 20.2. The number of sulfonamides is 1. The van der Waals surface area contributed by atoms with Crippen LogP contribution in [0.3, 0.4) is 0 Å². The molecule has 0 fully saturated rings. The molecule has 2 aromatic carbocycles. The number of hydrogen-bond donors (Lipinski definition) is 2. The van der Waals surface area contributed by atoms with Crippen LogP contribution in [0.2, 0.25) is 5.02 Å². The van der Waals surface area contributed by atoms with Gasteiger partial charge in [0.25, 0.3) is 11.6 Å². The Labute approximate surface area is 160 Å². The average molecular weight is 414 g/mol. The van der Waals surface area contributed by atoms with Gasteiger partial charge in [0, 0.05) is 17.6 Å². The van der Waals surface area contributed by atoms with Crippen LogP contribution < -0.4 is 14.8 Å². The lowest BCUT2D eigenvalue weighted by Gasteiger charge is -2.12. The van der Waals surface area contributed by atoms with Crippen LogP contribution in [0.4, 0.5) is 11.4 Å². The van der Waals surface area contributed by atoms with Gasteiger partial charge in [-0.05, 0) is 30.3 Å². The van der Waals surface area contributed by atoms with Crippen molar-refractivity contribution in [2.75, 3.05) is 19.0 Å². The number of methoxy groups -OCH3 is 1. The Bertz CT molecular complexity index is 994. The number of halogens is 1. The summed E-state index contributed by atoms with van der Waals surface area (Å²) in [5, 5.41) is 13.7. The van der Waals surface area contributed by atoms with Crippen LogP contribution in [0.5, 0.6) is 5.75 Å². The first-order chi connectivity index (χ1) is 12.7. The predicted molar refractivity (Wildman–Crippen MR) is 99.9 cm³/mol. The average Bonchev–Trinajstić information content (AvgIpc) is 2.62. The Kier molecular flexibility index (Phi) is 6.37. The first-order valence-corrected chi connectivity index (χ1v) is 9.48. The molecule has 0 bridgehead atoms. The Morgan fingerprint density at radius 3 is 2.56 bits per heavy atom. The van der Waals surface area contributed by atoms with Crippen molar-refractivity contribution < 1.29 is 22.9 Å². The van der Waals surface area contributed by atoms with Gasteiger partial charge >= 0.3 is 0 Å². The molecular formula is C16H16ClN3O6S. The summed E-state index contributed by atoms with van der Waals surface area (Å²) in [6.07, 6.45) is 0. The van der Waals surface area contributed by atoms with E-state index in [1.807, 2.05) is 0 Å². The molecule has 144 valence electrons. The van der Waals surface area contributed by atoms with Crippen molar-refractivity contribution in [2.24, 2.45) is 0 Å². The second-order valence-corrected chi connectivity index (χ2v) is 7.44. The lowest BCUT2D eigenvalue weighted by molar-refractivity contribution is -0.383. The molecule has 0 atom stereocenters. The summed E-state index contributed by atoms with van der Waals surface area (Å²) < 4.78 is 31.7. The van der Waals surface area contributed by atoms with E-state index >= 15 is 0 Å². The van der Waals surface area contributed by atoms with Crippen molar-refractivity contribution in [1.29, 1.82) is 0 Å². The molecule has 0 aliphatic heterocycles. The summed E-state index contributed by atoms with van der Waals surface area (Å²) in [6, 6.07) is 7.51. The molecule has 0 aliphatic carbocycles. The standard InChI is InChI=1S/C16H16ClN3O6S/c1-3-18-27(24,25)11-5-7-15(26-2)12(9-11)16(21)19-13-6-4-10(17)8-14(13)20(22)23/h4-9,18H,3H2,1-2H3,(H,19,21). The Hall–Kier alpha value is -2.69. The second-order valence-electron chi connectivity index (χ2n) is 5.24. The van der Waals surface area contributed by atoms with E-state index in [2.05, 4.69) is 10.0 Å². The van der Waals surface area contributed by atoms with Gasteiger partial charge in [0.2, 0.25) is 10.0 Å². The van der Waals surface area contributed by atoms with E-state index < -0.39 is 26.5 Å². The van der Waals surface area contributed by atoms with Crippen LogP contribution in [0, 0.1) is 10.1 Å². The highest BCUT2D eigenvalue weighted by molar-refractivity contribution is 7.89. The van der Waals surface area contributed by atoms with Crippen LogP contribution in [-0.2, 0) is 10.0 Å². The number of ether oxygens (including phenoxy) is 1. The molecule has 2 rings (SSSR count). The number of carbonyl (C=O) groups is 1. The molecule has 1 amide bonds. The fourth-order valence-corrected chi connectivity index (χ4v) is 3.49. The zero-order valence-electron chi connectivity index (χ0n) is 14.4. The highest BCUT2D eigenvalue weighted by atomic mass is 35.5. The predicted octanol–water partition coefficient (Wildman–Crippen LogP) is 2.81. The molecule has 0 saturated heterocycles. The number of benzene rings is 2. The molecule has 27 heavy (non-hydrogen) atoms. The van der Waals surface area contributed by atoms with Gasteiger partial charge in [0.05, 0.1) is 22.5 Å². The van der Waals surface area contributed by atoms with Crippen molar-refractivity contribution in [3.63, 3.8) is 0 Å². The summed E-state index contributed by atoms with van der Waals surface area (Å²) in [6.45, 7) is 1.79.